The van der Waals surface area contributed by atoms with Crippen LogP contribution in [0, 0.1) is 5.92 Å². The van der Waals surface area contributed by atoms with Crippen LogP contribution in [-0.2, 0) is 16.0 Å². The largest absolute Gasteiger partial charge is 0.481 e. The van der Waals surface area contributed by atoms with Crippen LogP contribution in [0.25, 0.3) is 10.6 Å². The molecule has 1 N–H and O–H groups in total. The Labute approximate surface area is 144 Å². The first-order valence-corrected chi connectivity index (χ1v) is 9.60. The van der Waals surface area contributed by atoms with Crippen LogP contribution in [0.5, 0.6) is 0 Å². The first-order chi connectivity index (χ1) is 11.1. The lowest BCUT2D eigenvalue weighted by molar-refractivity contribution is -0.143. The molecule has 1 atom stereocenters. The first-order valence-electron chi connectivity index (χ1n) is 7.33. The number of aromatic nitrogens is 1. The van der Waals surface area contributed by atoms with E-state index in [0.29, 0.717) is 12.1 Å². The van der Waals surface area contributed by atoms with Crippen molar-refractivity contribution in [3.63, 3.8) is 0 Å². The molecule has 6 heteroatoms. The lowest BCUT2D eigenvalue weighted by Gasteiger charge is -2.10. The minimum atomic E-state index is -0.893. The van der Waals surface area contributed by atoms with E-state index in [4.69, 9.17) is 0 Å². The molecule has 23 heavy (non-hydrogen) atoms. The van der Waals surface area contributed by atoms with Gasteiger partial charge in [-0.2, -0.15) is 11.8 Å². The van der Waals surface area contributed by atoms with Crippen molar-refractivity contribution < 1.29 is 14.7 Å². The molecule has 2 aromatic rings. The number of nitrogens with zero attached hydrogens (tertiary/aromatic N) is 1. The van der Waals surface area contributed by atoms with Crippen molar-refractivity contribution in [2.75, 3.05) is 12.0 Å². The van der Waals surface area contributed by atoms with Crippen molar-refractivity contribution in [3.05, 3.63) is 41.4 Å². The normalized spacial score (nSPS) is 12.0. The number of carbonyl (C=O) groups excluding carboxylic acids is 1. The van der Waals surface area contributed by atoms with Gasteiger partial charge in [0.05, 0.1) is 11.6 Å². The number of hydrogen-bond donors (Lipinski definition) is 1. The number of thiazole rings is 1. The zero-order valence-electron chi connectivity index (χ0n) is 12.9. The molecule has 0 aliphatic rings. The van der Waals surface area contributed by atoms with E-state index in [0.717, 1.165) is 16.3 Å². The Hall–Kier alpha value is -1.66. The number of thioether (sulfide) groups is 1. The van der Waals surface area contributed by atoms with Crippen LogP contribution in [0.2, 0.25) is 0 Å². The fourth-order valence-corrected chi connectivity index (χ4v) is 3.57. The average Bonchev–Trinajstić information content (AvgIpc) is 3.00. The van der Waals surface area contributed by atoms with Crippen LogP contribution in [0.1, 0.15) is 18.5 Å². The number of carboxylic acids is 1. The summed E-state index contributed by atoms with van der Waals surface area (Å²) in [5.74, 6) is -0.805. The summed E-state index contributed by atoms with van der Waals surface area (Å²) in [5, 5.41) is 11.9. The number of ketones is 1. The number of hydrogen-bond acceptors (Lipinski definition) is 5. The zero-order valence-corrected chi connectivity index (χ0v) is 14.5. The molecule has 0 aliphatic heterocycles. The van der Waals surface area contributed by atoms with E-state index in [9.17, 15) is 14.7 Å². The molecular formula is C17H19NO3S2. The van der Waals surface area contributed by atoms with Crippen molar-refractivity contribution in [2.45, 2.75) is 19.3 Å². The Kier molecular flexibility index (Phi) is 6.80. The summed E-state index contributed by atoms with van der Waals surface area (Å²) in [6.45, 7) is 0. The summed E-state index contributed by atoms with van der Waals surface area (Å²) in [7, 11) is 0. The number of rotatable bonds is 9. The maximum absolute atomic E-state index is 12.1. The SMILES string of the molecule is CSCC[C@H](CC(=O)Cc1csc(-c2ccccc2)n1)C(=O)O. The zero-order chi connectivity index (χ0) is 16.7. The van der Waals surface area contributed by atoms with Crippen molar-refractivity contribution in [1.82, 2.24) is 4.98 Å². The average molecular weight is 349 g/mol. The summed E-state index contributed by atoms with van der Waals surface area (Å²) >= 11 is 3.09. The second kappa shape index (κ2) is 8.84. The fraction of sp³-hybridized carbons (Fsp3) is 0.353. The molecule has 1 aromatic heterocycles. The molecule has 4 nitrogen and oxygen atoms in total. The van der Waals surface area contributed by atoms with Crippen molar-refractivity contribution in [3.8, 4) is 10.6 Å². The number of benzene rings is 1. The molecular weight excluding hydrogens is 330 g/mol. The van der Waals surface area contributed by atoms with Gasteiger partial charge in [-0.25, -0.2) is 4.98 Å². The molecule has 0 amide bonds. The van der Waals surface area contributed by atoms with Gasteiger partial charge >= 0.3 is 5.97 Å². The molecule has 0 unspecified atom stereocenters. The van der Waals surface area contributed by atoms with Gasteiger partial charge in [0.25, 0.3) is 0 Å². The molecule has 1 aromatic carbocycles. The monoisotopic (exact) mass is 349 g/mol. The summed E-state index contributed by atoms with van der Waals surface area (Å²) < 4.78 is 0. The molecule has 0 saturated carbocycles. The summed E-state index contributed by atoms with van der Waals surface area (Å²) in [6, 6.07) is 9.80. The summed E-state index contributed by atoms with van der Waals surface area (Å²) in [4.78, 5) is 27.8. The highest BCUT2D eigenvalue weighted by molar-refractivity contribution is 7.98. The van der Waals surface area contributed by atoms with Crippen LogP contribution >= 0.6 is 23.1 Å². The van der Waals surface area contributed by atoms with Gasteiger partial charge in [-0.05, 0) is 18.4 Å². The maximum Gasteiger partial charge on any atom is 0.306 e. The first kappa shape index (κ1) is 17.7. The van der Waals surface area contributed by atoms with Crippen LogP contribution in [-0.4, -0.2) is 33.9 Å². The van der Waals surface area contributed by atoms with Crippen molar-refractivity contribution >= 4 is 34.9 Å². The van der Waals surface area contributed by atoms with E-state index in [1.54, 1.807) is 11.8 Å². The van der Waals surface area contributed by atoms with Crippen LogP contribution in [0.15, 0.2) is 35.7 Å². The second-order valence-corrected chi connectivity index (χ2v) is 7.09. The Balaban J connectivity index is 1.95. The van der Waals surface area contributed by atoms with Crippen molar-refractivity contribution in [1.29, 1.82) is 0 Å². The lowest BCUT2D eigenvalue weighted by Crippen LogP contribution is -2.19. The highest BCUT2D eigenvalue weighted by Gasteiger charge is 2.21. The van der Waals surface area contributed by atoms with Gasteiger partial charge < -0.3 is 5.11 Å². The quantitative estimate of drug-likeness (QED) is 0.746. The Bertz CT molecular complexity index is 655. The van der Waals surface area contributed by atoms with E-state index >= 15 is 0 Å². The third-order valence-electron chi connectivity index (χ3n) is 3.44. The van der Waals surface area contributed by atoms with Crippen molar-refractivity contribution in [2.24, 2.45) is 5.92 Å². The molecule has 1 heterocycles. The van der Waals surface area contributed by atoms with Gasteiger partial charge in [0.2, 0.25) is 0 Å². The fourth-order valence-electron chi connectivity index (χ4n) is 2.22. The molecule has 0 bridgehead atoms. The number of aliphatic carboxylic acids is 1. The Morgan fingerprint density at radius 1 is 1.30 bits per heavy atom. The van der Waals surface area contributed by atoms with E-state index < -0.39 is 11.9 Å². The van der Waals surface area contributed by atoms with E-state index in [1.807, 2.05) is 42.0 Å². The van der Waals surface area contributed by atoms with Gasteiger partial charge in [0.15, 0.2) is 0 Å². The van der Waals surface area contributed by atoms with Crippen LogP contribution in [0.3, 0.4) is 0 Å². The summed E-state index contributed by atoms with van der Waals surface area (Å²) in [5.41, 5.74) is 1.74. The molecule has 0 saturated heterocycles. The van der Waals surface area contributed by atoms with Crippen LogP contribution in [0.4, 0.5) is 0 Å². The smallest absolute Gasteiger partial charge is 0.306 e. The minimum Gasteiger partial charge on any atom is -0.481 e. The van der Waals surface area contributed by atoms with E-state index in [2.05, 4.69) is 4.98 Å². The molecule has 122 valence electrons. The predicted molar refractivity (Wildman–Crippen MR) is 95.0 cm³/mol. The highest BCUT2D eigenvalue weighted by Crippen LogP contribution is 2.24. The second-order valence-electron chi connectivity index (χ2n) is 5.25. The number of carbonyl (C=O) groups is 2. The van der Waals surface area contributed by atoms with Gasteiger partial charge in [0, 0.05) is 23.8 Å². The summed E-state index contributed by atoms with van der Waals surface area (Å²) in [6.07, 6.45) is 2.73. The van der Waals surface area contributed by atoms with Crippen LogP contribution < -0.4 is 0 Å². The van der Waals surface area contributed by atoms with Gasteiger partial charge in [-0.15, -0.1) is 11.3 Å². The van der Waals surface area contributed by atoms with E-state index in [-0.39, 0.29) is 18.6 Å². The third kappa shape index (κ3) is 5.48. The highest BCUT2D eigenvalue weighted by atomic mass is 32.2. The Morgan fingerprint density at radius 2 is 2.04 bits per heavy atom. The van der Waals surface area contributed by atoms with Gasteiger partial charge in [0.1, 0.15) is 10.8 Å². The standard InChI is InChI=1S/C17H19NO3S2/c1-22-8-7-13(17(20)21)9-15(19)10-14-11-23-16(18-14)12-5-3-2-4-6-12/h2-6,11,13H,7-10H2,1H3,(H,20,21)/t13-/m1/s1. The molecule has 0 spiro atoms. The Morgan fingerprint density at radius 3 is 2.70 bits per heavy atom. The predicted octanol–water partition coefficient (Wildman–Crippen LogP) is 3.77. The maximum atomic E-state index is 12.1. The molecule has 2 rings (SSSR count). The molecule has 0 aliphatic carbocycles. The topological polar surface area (TPSA) is 67.3 Å². The van der Waals surface area contributed by atoms with E-state index in [1.165, 1.54) is 11.3 Å². The van der Waals surface area contributed by atoms with Gasteiger partial charge in [-0.3, -0.25) is 9.59 Å². The molecule has 0 radical (unpaired) electrons. The lowest BCUT2D eigenvalue weighted by atomic mass is 9.98. The molecule has 0 fully saturated rings. The number of Topliss-reactive ketones (excluding diaryl/α,β-unsaturated/α-hetero) is 1. The third-order valence-corrected chi connectivity index (χ3v) is 5.03. The number of carboxylic acid groups (broad SMARTS) is 1. The van der Waals surface area contributed by atoms with Gasteiger partial charge in [-0.1, -0.05) is 30.3 Å². The minimum absolute atomic E-state index is 0.0663.